The Balaban J connectivity index is 1.71. The molecule has 0 unspecified atom stereocenters. The van der Waals surface area contributed by atoms with Crippen molar-refractivity contribution in [3.05, 3.63) is 0 Å². The molecule has 2 rings (SSSR count). The van der Waals surface area contributed by atoms with E-state index in [0.717, 1.165) is 57.4 Å². The summed E-state index contributed by atoms with van der Waals surface area (Å²) in [4.78, 5) is 7.37. The van der Waals surface area contributed by atoms with Gasteiger partial charge in [-0.3, -0.25) is 4.99 Å². The summed E-state index contributed by atoms with van der Waals surface area (Å²) in [6.45, 7) is 12.2. The topological polar surface area (TPSA) is 58.1 Å². The molecule has 0 saturated carbocycles. The number of hydrogen-bond donors (Lipinski definition) is 2. The molecule has 6 nitrogen and oxygen atoms in total. The van der Waals surface area contributed by atoms with E-state index < -0.39 is 0 Å². The van der Waals surface area contributed by atoms with Crippen LogP contribution in [0.2, 0.25) is 0 Å². The molecule has 25 heavy (non-hydrogen) atoms. The highest BCUT2D eigenvalue weighted by Gasteiger charge is 2.32. The Labute approximate surface area is 153 Å². The maximum absolute atomic E-state index is 5.77. The van der Waals surface area contributed by atoms with Crippen molar-refractivity contribution in [2.45, 2.75) is 51.6 Å². The molecular formula is C19H38N4O2. The summed E-state index contributed by atoms with van der Waals surface area (Å²) in [5.41, 5.74) is -0.162. The summed E-state index contributed by atoms with van der Waals surface area (Å²) in [5.74, 6) is 1.80. The van der Waals surface area contributed by atoms with E-state index in [2.05, 4.69) is 29.4 Å². The van der Waals surface area contributed by atoms with E-state index in [1.54, 1.807) is 7.11 Å². The standard InChI is InChI=1S/C19H38N4O2/c1-4-20-18(22-16-19(24-3)8-14-25-15-9-19)21-10-5-11-23-12-6-17(2)7-13-23/h17H,4-16H2,1-3H3,(H2,20,21,22). The number of nitrogens with one attached hydrogen (secondary N) is 2. The molecule has 0 aromatic rings. The number of rotatable bonds is 8. The second kappa shape index (κ2) is 11.0. The van der Waals surface area contributed by atoms with Gasteiger partial charge in [0.15, 0.2) is 5.96 Å². The number of ether oxygens (including phenoxy) is 2. The molecule has 0 spiro atoms. The van der Waals surface area contributed by atoms with Gasteiger partial charge < -0.3 is 25.0 Å². The van der Waals surface area contributed by atoms with Gasteiger partial charge in [0.25, 0.3) is 0 Å². The van der Waals surface area contributed by atoms with Crippen LogP contribution >= 0.6 is 0 Å². The first-order chi connectivity index (χ1) is 12.2. The number of nitrogens with zero attached hydrogens (tertiary/aromatic N) is 2. The molecule has 0 aliphatic carbocycles. The smallest absolute Gasteiger partial charge is 0.191 e. The van der Waals surface area contributed by atoms with E-state index >= 15 is 0 Å². The fourth-order valence-electron chi connectivity index (χ4n) is 3.53. The molecule has 2 aliphatic heterocycles. The number of piperidine rings is 1. The summed E-state index contributed by atoms with van der Waals surface area (Å²) in [6.07, 6.45) is 5.68. The molecule has 6 heteroatoms. The monoisotopic (exact) mass is 354 g/mol. The molecule has 0 bridgehead atoms. The van der Waals surface area contributed by atoms with Gasteiger partial charge in [-0.05, 0) is 51.7 Å². The molecule has 2 heterocycles. The van der Waals surface area contributed by atoms with Gasteiger partial charge in [-0.1, -0.05) is 6.92 Å². The molecule has 0 aromatic heterocycles. The zero-order valence-electron chi connectivity index (χ0n) is 16.5. The Morgan fingerprint density at radius 1 is 1.24 bits per heavy atom. The van der Waals surface area contributed by atoms with Crippen molar-refractivity contribution in [1.29, 1.82) is 0 Å². The van der Waals surface area contributed by atoms with Crippen molar-refractivity contribution in [1.82, 2.24) is 15.5 Å². The van der Waals surface area contributed by atoms with Gasteiger partial charge in [0.2, 0.25) is 0 Å². The van der Waals surface area contributed by atoms with Crippen LogP contribution in [0, 0.1) is 5.92 Å². The molecule has 0 amide bonds. The third-order valence-corrected chi connectivity index (χ3v) is 5.53. The van der Waals surface area contributed by atoms with Crippen molar-refractivity contribution in [3.63, 3.8) is 0 Å². The Morgan fingerprint density at radius 3 is 2.60 bits per heavy atom. The lowest BCUT2D eigenvalue weighted by molar-refractivity contribution is -0.0828. The van der Waals surface area contributed by atoms with E-state index in [1.165, 1.54) is 32.5 Å². The normalized spacial score (nSPS) is 22.8. The molecule has 146 valence electrons. The summed E-state index contributed by atoms with van der Waals surface area (Å²) < 4.78 is 11.2. The van der Waals surface area contributed by atoms with Crippen LogP contribution in [-0.2, 0) is 9.47 Å². The van der Waals surface area contributed by atoms with Gasteiger partial charge in [-0.2, -0.15) is 0 Å². The molecule has 2 aliphatic rings. The van der Waals surface area contributed by atoms with Gasteiger partial charge in [0.05, 0.1) is 12.1 Å². The Morgan fingerprint density at radius 2 is 1.96 bits per heavy atom. The van der Waals surface area contributed by atoms with Crippen molar-refractivity contribution in [2.24, 2.45) is 10.9 Å². The zero-order valence-corrected chi connectivity index (χ0v) is 16.5. The lowest BCUT2D eigenvalue weighted by Gasteiger charge is -2.34. The molecule has 0 radical (unpaired) electrons. The minimum absolute atomic E-state index is 0.162. The Bertz CT molecular complexity index is 389. The zero-order chi connectivity index (χ0) is 18.0. The van der Waals surface area contributed by atoms with E-state index in [1.807, 2.05) is 0 Å². The van der Waals surface area contributed by atoms with Crippen molar-refractivity contribution >= 4 is 5.96 Å². The van der Waals surface area contributed by atoms with Gasteiger partial charge in [-0.25, -0.2) is 0 Å². The van der Waals surface area contributed by atoms with Crippen LogP contribution in [0.25, 0.3) is 0 Å². The number of methoxy groups -OCH3 is 1. The van der Waals surface area contributed by atoms with Crippen LogP contribution in [0.3, 0.4) is 0 Å². The summed E-state index contributed by atoms with van der Waals surface area (Å²) in [5, 5.41) is 6.82. The summed E-state index contributed by atoms with van der Waals surface area (Å²) in [6, 6.07) is 0. The third kappa shape index (κ3) is 7.12. The Hall–Kier alpha value is -0.850. The molecule has 2 saturated heterocycles. The quantitative estimate of drug-likeness (QED) is 0.396. The van der Waals surface area contributed by atoms with Gasteiger partial charge in [0.1, 0.15) is 0 Å². The van der Waals surface area contributed by atoms with Crippen molar-refractivity contribution < 1.29 is 9.47 Å². The average molecular weight is 355 g/mol. The highest BCUT2D eigenvalue weighted by Crippen LogP contribution is 2.24. The number of hydrogen-bond acceptors (Lipinski definition) is 4. The second-order valence-electron chi connectivity index (χ2n) is 7.50. The SMILES string of the molecule is CCNC(=NCC1(OC)CCOCC1)NCCCN1CCC(C)CC1. The average Bonchev–Trinajstić information content (AvgIpc) is 2.65. The third-order valence-electron chi connectivity index (χ3n) is 5.53. The van der Waals surface area contributed by atoms with Crippen LogP contribution in [0.5, 0.6) is 0 Å². The molecular weight excluding hydrogens is 316 g/mol. The first kappa shape index (κ1) is 20.5. The predicted octanol–water partition coefficient (Wildman–Crippen LogP) is 1.86. The lowest BCUT2D eigenvalue weighted by atomic mass is 9.94. The highest BCUT2D eigenvalue weighted by molar-refractivity contribution is 5.79. The minimum Gasteiger partial charge on any atom is -0.381 e. The van der Waals surface area contributed by atoms with Crippen LogP contribution < -0.4 is 10.6 Å². The second-order valence-corrected chi connectivity index (χ2v) is 7.50. The number of aliphatic imine (C=N–C) groups is 1. The fraction of sp³-hybridized carbons (Fsp3) is 0.947. The molecule has 2 N–H and O–H groups in total. The van der Waals surface area contributed by atoms with Crippen LogP contribution in [0.15, 0.2) is 4.99 Å². The largest absolute Gasteiger partial charge is 0.381 e. The van der Waals surface area contributed by atoms with Crippen LogP contribution in [0.1, 0.15) is 46.0 Å². The summed E-state index contributed by atoms with van der Waals surface area (Å²) in [7, 11) is 1.79. The number of likely N-dealkylation sites (tertiary alicyclic amines) is 1. The van der Waals surface area contributed by atoms with Gasteiger partial charge >= 0.3 is 0 Å². The van der Waals surface area contributed by atoms with E-state index in [0.29, 0.717) is 6.54 Å². The van der Waals surface area contributed by atoms with E-state index in [9.17, 15) is 0 Å². The van der Waals surface area contributed by atoms with Crippen LogP contribution in [-0.4, -0.2) is 76.1 Å². The van der Waals surface area contributed by atoms with Gasteiger partial charge in [-0.15, -0.1) is 0 Å². The molecule has 0 aromatic carbocycles. The van der Waals surface area contributed by atoms with Crippen LogP contribution in [0.4, 0.5) is 0 Å². The minimum atomic E-state index is -0.162. The lowest BCUT2D eigenvalue weighted by Crippen LogP contribution is -2.44. The maximum atomic E-state index is 5.77. The van der Waals surface area contributed by atoms with Gasteiger partial charge in [0, 0.05) is 46.3 Å². The number of guanidine groups is 1. The summed E-state index contributed by atoms with van der Waals surface area (Å²) >= 11 is 0. The first-order valence-electron chi connectivity index (χ1n) is 10.0. The molecule has 0 atom stereocenters. The van der Waals surface area contributed by atoms with E-state index in [4.69, 9.17) is 14.5 Å². The highest BCUT2D eigenvalue weighted by atomic mass is 16.5. The van der Waals surface area contributed by atoms with E-state index in [-0.39, 0.29) is 5.60 Å². The maximum Gasteiger partial charge on any atom is 0.191 e. The first-order valence-corrected chi connectivity index (χ1v) is 10.0. The van der Waals surface area contributed by atoms with Crippen molar-refractivity contribution in [2.75, 3.05) is 59.6 Å². The Kier molecular flexibility index (Phi) is 8.99. The van der Waals surface area contributed by atoms with Crippen molar-refractivity contribution in [3.8, 4) is 0 Å². The molecule has 2 fully saturated rings. The fourth-order valence-corrected chi connectivity index (χ4v) is 3.53. The predicted molar refractivity (Wildman–Crippen MR) is 103 cm³/mol.